The largest absolute Gasteiger partial charge is 0.396 e. The van der Waals surface area contributed by atoms with Gasteiger partial charge in [-0.2, -0.15) is 0 Å². The van der Waals surface area contributed by atoms with Crippen molar-refractivity contribution in [1.29, 1.82) is 0 Å². The SMILES string of the molecule is Cn1cnc2cc(C(CCCCO)N=[N+]=[N-])ccc21. The zero-order valence-corrected chi connectivity index (χ0v) is 10.9. The molecule has 6 heteroatoms. The summed E-state index contributed by atoms with van der Waals surface area (Å²) in [6, 6.07) is 5.74. The van der Waals surface area contributed by atoms with E-state index in [2.05, 4.69) is 15.0 Å². The highest BCUT2D eigenvalue weighted by Gasteiger charge is 2.11. The highest BCUT2D eigenvalue weighted by molar-refractivity contribution is 5.76. The van der Waals surface area contributed by atoms with Crippen LogP contribution in [0.25, 0.3) is 21.5 Å². The van der Waals surface area contributed by atoms with Crippen LogP contribution < -0.4 is 0 Å². The second-order valence-electron chi connectivity index (χ2n) is 4.54. The van der Waals surface area contributed by atoms with Crippen LogP contribution in [0.1, 0.15) is 30.9 Å². The van der Waals surface area contributed by atoms with Crippen molar-refractivity contribution in [3.05, 3.63) is 40.5 Å². The lowest BCUT2D eigenvalue weighted by molar-refractivity contribution is 0.281. The molecule has 0 spiro atoms. The van der Waals surface area contributed by atoms with Gasteiger partial charge < -0.3 is 9.67 Å². The first-order chi connectivity index (χ1) is 9.26. The molecule has 0 bridgehead atoms. The summed E-state index contributed by atoms with van der Waals surface area (Å²) in [5.41, 5.74) is 11.6. The minimum absolute atomic E-state index is 0.169. The molecule has 2 aromatic rings. The van der Waals surface area contributed by atoms with E-state index in [9.17, 15) is 0 Å². The lowest BCUT2D eigenvalue weighted by atomic mass is 10.0. The number of unbranched alkanes of at least 4 members (excludes halogenated alkanes) is 1. The summed E-state index contributed by atoms with van der Waals surface area (Å²) in [5.74, 6) is 0. The molecule has 19 heavy (non-hydrogen) atoms. The molecule has 1 heterocycles. The Kier molecular flexibility index (Phi) is 4.39. The summed E-state index contributed by atoms with van der Waals surface area (Å²) in [4.78, 5) is 7.22. The molecule has 1 aromatic carbocycles. The van der Waals surface area contributed by atoms with E-state index >= 15 is 0 Å². The number of aliphatic hydroxyl groups is 1. The normalized spacial score (nSPS) is 12.3. The molecule has 0 aliphatic heterocycles. The molecular formula is C13H17N5O. The third-order valence-electron chi connectivity index (χ3n) is 3.21. The molecule has 2 rings (SSSR count). The Hall–Kier alpha value is -2.04. The lowest BCUT2D eigenvalue weighted by Gasteiger charge is -2.11. The van der Waals surface area contributed by atoms with Crippen LogP contribution in [0.4, 0.5) is 0 Å². The average Bonchev–Trinajstić information content (AvgIpc) is 2.79. The number of fused-ring (bicyclic) bond motifs is 1. The van der Waals surface area contributed by atoms with Crippen molar-refractivity contribution in [2.45, 2.75) is 25.3 Å². The lowest BCUT2D eigenvalue weighted by Crippen LogP contribution is -1.96. The first kappa shape index (κ1) is 13.4. The Labute approximate surface area is 111 Å². The summed E-state index contributed by atoms with van der Waals surface area (Å²) in [7, 11) is 1.95. The van der Waals surface area contributed by atoms with Crippen molar-refractivity contribution in [3.63, 3.8) is 0 Å². The van der Waals surface area contributed by atoms with Crippen LogP contribution in [0.2, 0.25) is 0 Å². The fourth-order valence-electron chi connectivity index (χ4n) is 2.16. The standard InChI is InChI=1S/C13H17N5O/c1-18-9-15-12-8-10(5-6-13(12)18)11(16-17-14)4-2-3-7-19/h5-6,8-9,11,19H,2-4,7H2,1H3. The third kappa shape index (κ3) is 3.05. The Morgan fingerprint density at radius 1 is 1.47 bits per heavy atom. The molecule has 0 amide bonds. The molecule has 6 nitrogen and oxygen atoms in total. The monoisotopic (exact) mass is 259 g/mol. The number of aliphatic hydroxyl groups excluding tert-OH is 1. The van der Waals surface area contributed by atoms with Gasteiger partial charge in [0.25, 0.3) is 0 Å². The fraction of sp³-hybridized carbons (Fsp3) is 0.462. The van der Waals surface area contributed by atoms with Crippen molar-refractivity contribution >= 4 is 11.0 Å². The molecule has 1 aromatic heterocycles. The van der Waals surface area contributed by atoms with Crippen LogP contribution >= 0.6 is 0 Å². The van der Waals surface area contributed by atoms with E-state index in [1.54, 1.807) is 6.33 Å². The number of benzene rings is 1. The van der Waals surface area contributed by atoms with Gasteiger partial charge in [0.2, 0.25) is 0 Å². The maximum absolute atomic E-state index is 8.81. The van der Waals surface area contributed by atoms with E-state index in [4.69, 9.17) is 10.6 Å². The van der Waals surface area contributed by atoms with Gasteiger partial charge in [-0.05, 0) is 36.1 Å². The molecule has 0 aliphatic carbocycles. The van der Waals surface area contributed by atoms with Crippen LogP contribution in [0.5, 0.6) is 0 Å². The molecule has 0 aliphatic rings. The molecule has 1 unspecified atom stereocenters. The van der Waals surface area contributed by atoms with Gasteiger partial charge in [-0.15, -0.1) is 0 Å². The molecule has 0 fully saturated rings. The van der Waals surface area contributed by atoms with E-state index in [0.717, 1.165) is 35.9 Å². The number of nitrogens with zero attached hydrogens (tertiary/aromatic N) is 5. The first-order valence-electron chi connectivity index (χ1n) is 6.32. The summed E-state index contributed by atoms with van der Waals surface area (Å²) < 4.78 is 1.95. The van der Waals surface area contributed by atoms with Crippen LogP contribution in [-0.2, 0) is 7.05 Å². The summed E-state index contributed by atoms with van der Waals surface area (Å²) >= 11 is 0. The van der Waals surface area contributed by atoms with Crippen molar-refractivity contribution < 1.29 is 5.11 Å². The number of hydrogen-bond donors (Lipinski definition) is 1. The van der Waals surface area contributed by atoms with E-state index in [1.165, 1.54) is 0 Å². The van der Waals surface area contributed by atoms with Crippen molar-refractivity contribution in [2.24, 2.45) is 12.2 Å². The topological polar surface area (TPSA) is 86.8 Å². The smallest absolute Gasteiger partial charge is 0.0955 e. The quantitative estimate of drug-likeness (QED) is 0.374. The maximum atomic E-state index is 8.81. The van der Waals surface area contributed by atoms with Crippen LogP contribution in [-0.4, -0.2) is 21.3 Å². The Morgan fingerprint density at radius 2 is 2.32 bits per heavy atom. The van der Waals surface area contributed by atoms with Crippen LogP contribution in [0.3, 0.4) is 0 Å². The zero-order chi connectivity index (χ0) is 13.7. The highest BCUT2D eigenvalue weighted by atomic mass is 16.2. The molecular weight excluding hydrogens is 242 g/mol. The predicted molar refractivity (Wildman–Crippen MR) is 73.5 cm³/mol. The second kappa shape index (κ2) is 6.22. The van der Waals surface area contributed by atoms with Gasteiger partial charge in [0.15, 0.2) is 0 Å². The van der Waals surface area contributed by atoms with Gasteiger partial charge in [-0.1, -0.05) is 17.6 Å². The van der Waals surface area contributed by atoms with Crippen molar-refractivity contribution in [3.8, 4) is 0 Å². The van der Waals surface area contributed by atoms with E-state index in [-0.39, 0.29) is 12.6 Å². The number of azide groups is 1. The molecule has 0 radical (unpaired) electrons. The van der Waals surface area contributed by atoms with Gasteiger partial charge in [0.05, 0.1) is 23.4 Å². The highest BCUT2D eigenvalue weighted by Crippen LogP contribution is 2.26. The van der Waals surface area contributed by atoms with E-state index < -0.39 is 0 Å². The number of hydrogen-bond acceptors (Lipinski definition) is 3. The number of imidazole rings is 1. The van der Waals surface area contributed by atoms with Crippen LogP contribution in [0, 0.1) is 0 Å². The number of rotatable bonds is 6. The van der Waals surface area contributed by atoms with Gasteiger partial charge in [0.1, 0.15) is 0 Å². The Balaban J connectivity index is 2.25. The molecule has 0 saturated carbocycles. The molecule has 0 saturated heterocycles. The maximum Gasteiger partial charge on any atom is 0.0955 e. The average molecular weight is 259 g/mol. The summed E-state index contributed by atoms with van der Waals surface area (Å²) in [6.45, 7) is 0.169. The van der Waals surface area contributed by atoms with Crippen molar-refractivity contribution in [1.82, 2.24) is 9.55 Å². The van der Waals surface area contributed by atoms with E-state index in [1.807, 2.05) is 29.8 Å². The van der Waals surface area contributed by atoms with E-state index in [0.29, 0.717) is 0 Å². The molecule has 100 valence electrons. The number of aromatic nitrogens is 2. The second-order valence-corrected chi connectivity index (χ2v) is 4.54. The number of aryl methyl sites for hydroxylation is 1. The molecule has 1 atom stereocenters. The zero-order valence-electron chi connectivity index (χ0n) is 10.9. The summed E-state index contributed by atoms with van der Waals surface area (Å²) in [5, 5.41) is 12.7. The summed E-state index contributed by atoms with van der Waals surface area (Å²) in [6.07, 6.45) is 4.06. The first-order valence-corrected chi connectivity index (χ1v) is 6.32. The Morgan fingerprint density at radius 3 is 3.05 bits per heavy atom. The van der Waals surface area contributed by atoms with Gasteiger partial charge in [0, 0.05) is 18.6 Å². The third-order valence-corrected chi connectivity index (χ3v) is 3.21. The molecule has 1 N–H and O–H groups in total. The van der Waals surface area contributed by atoms with Gasteiger partial charge in [-0.3, -0.25) is 0 Å². The van der Waals surface area contributed by atoms with Gasteiger partial charge >= 0.3 is 0 Å². The fourth-order valence-corrected chi connectivity index (χ4v) is 2.16. The minimum Gasteiger partial charge on any atom is -0.396 e. The van der Waals surface area contributed by atoms with Crippen LogP contribution in [0.15, 0.2) is 29.6 Å². The van der Waals surface area contributed by atoms with Gasteiger partial charge in [-0.25, -0.2) is 4.98 Å². The Bertz CT molecular complexity index is 600. The minimum atomic E-state index is -0.192. The predicted octanol–water partition coefficient (Wildman–Crippen LogP) is 3.09. The van der Waals surface area contributed by atoms with Crippen molar-refractivity contribution in [2.75, 3.05) is 6.61 Å².